The normalized spacial score (nSPS) is 46.8. The van der Waals surface area contributed by atoms with Crippen molar-refractivity contribution in [3.63, 3.8) is 0 Å². The van der Waals surface area contributed by atoms with Gasteiger partial charge < -0.3 is 39.7 Å². The number of esters is 1. The number of hydrogen-bond donors (Lipinski definition) is 5. The van der Waals surface area contributed by atoms with Crippen LogP contribution in [-0.2, 0) is 28.6 Å². The van der Waals surface area contributed by atoms with Gasteiger partial charge in [0, 0.05) is 48.0 Å². The van der Waals surface area contributed by atoms with Crippen LogP contribution < -0.4 is 0 Å². The average Bonchev–Trinajstić information content (AvgIpc) is 3.16. The highest BCUT2D eigenvalue weighted by molar-refractivity contribution is 5.91. The number of carbonyl (C=O) groups excluding carboxylic acids is 3. The van der Waals surface area contributed by atoms with Crippen molar-refractivity contribution in [1.29, 1.82) is 0 Å². The van der Waals surface area contributed by atoms with Gasteiger partial charge in [-0.3, -0.25) is 9.59 Å². The zero-order valence-electron chi connectivity index (χ0n) is 35.8. The lowest BCUT2D eigenvalue weighted by Crippen LogP contribution is -2.62. The molecule has 3 aliphatic rings. The number of allylic oxidation sites excluding steroid dienone is 4. The van der Waals surface area contributed by atoms with Crippen molar-refractivity contribution < 1.29 is 54.1 Å². The third-order valence-corrected chi connectivity index (χ3v) is 13.4. The monoisotopic (exact) mass is 791 g/mol. The Morgan fingerprint density at radius 2 is 1.48 bits per heavy atom. The summed E-state index contributed by atoms with van der Waals surface area (Å²) in [4.78, 5) is 40.5. The van der Waals surface area contributed by atoms with E-state index in [0.717, 1.165) is 19.3 Å². The molecule has 0 aromatic heterocycles. The Labute approximate surface area is 336 Å². The minimum Gasteiger partial charge on any atom is -0.458 e. The van der Waals surface area contributed by atoms with Crippen molar-refractivity contribution >= 4 is 17.5 Å². The maximum atomic E-state index is 13.5. The largest absolute Gasteiger partial charge is 0.458 e. The van der Waals surface area contributed by atoms with Crippen LogP contribution >= 0.6 is 0 Å². The van der Waals surface area contributed by atoms with Gasteiger partial charge in [-0.15, -0.1) is 0 Å². The Morgan fingerprint density at radius 1 is 0.839 bits per heavy atom. The Balaban J connectivity index is 1.99. The van der Waals surface area contributed by atoms with Crippen LogP contribution in [0.1, 0.15) is 121 Å². The molecule has 11 heteroatoms. The number of ether oxygens (including phenoxy) is 3. The van der Waals surface area contributed by atoms with Crippen LogP contribution in [0, 0.1) is 53.3 Å². The van der Waals surface area contributed by atoms with Gasteiger partial charge in [0.15, 0.2) is 11.6 Å². The van der Waals surface area contributed by atoms with Crippen molar-refractivity contribution in [1.82, 2.24) is 0 Å². The van der Waals surface area contributed by atoms with E-state index < -0.39 is 89.0 Å². The molecule has 1 spiro atoms. The number of rotatable bonds is 3. The Hall–Kier alpha value is -2.25. The molecule has 0 amide bonds. The second-order valence-corrected chi connectivity index (χ2v) is 18.0. The standard InChI is InChI=1S/C45H74O11/c1-12-34-17-15-13-14-16-27(4)42(51)44(11,53)43(52)32(9)40(50)31(8)39(49)30(7)38(48)26(3)18-21-37(47)54-41-29(6)35(20-19-34)55-45(33(41)10)23-22-25(2)36(56-45)24-28(5)46/h13-15,17-18,21,25-36,38,40-42,46,48,50-51,53H,12,16,19-20,22-24H2,1-11H3/b14-13-,17-15+,21-18-/t25-,26-,27+,28?,29+,30-,31-,32-,33-,34-,35-,36-,38+,40+,41+,42-,44+,45-/m1/s1. The molecule has 0 aromatic carbocycles. The van der Waals surface area contributed by atoms with E-state index in [9.17, 15) is 39.9 Å². The molecular weight excluding hydrogens is 716 g/mol. The highest BCUT2D eigenvalue weighted by atomic mass is 16.7. The molecule has 5 N–H and O–H groups in total. The first kappa shape index (κ1) is 48.1. The topological polar surface area (TPSA) is 180 Å². The van der Waals surface area contributed by atoms with Crippen LogP contribution in [0.5, 0.6) is 0 Å². The van der Waals surface area contributed by atoms with E-state index in [4.69, 9.17) is 14.2 Å². The van der Waals surface area contributed by atoms with E-state index >= 15 is 0 Å². The van der Waals surface area contributed by atoms with Crippen LogP contribution in [0.2, 0.25) is 0 Å². The second-order valence-electron chi connectivity index (χ2n) is 18.0. The molecule has 3 rings (SSSR count). The first-order valence-electron chi connectivity index (χ1n) is 21.2. The molecule has 3 heterocycles. The molecule has 320 valence electrons. The lowest BCUT2D eigenvalue weighted by atomic mass is 9.74. The molecule has 2 saturated heterocycles. The second kappa shape index (κ2) is 20.6. The summed E-state index contributed by atoms with van der Waals surface area (Å²) >= 11 is 0. The van der Waals surface area contributed by atoms with E-state index in [2.05, 4.69) is 19.9 Å². The molecular formula is C45H74O11. The molecule has 0 aromatic rings. The third-order valence-electron chi connectivity index (χ3n) is 13.4. The van der Waals surface area contributed by atoms with Gasteiger partial charge >= 0.3 is 5.97 Å². The number of fused-ring (bicyclic) bond motifs is 2. The Bertz CT molecular complexity index is 1390. The summed E-state index contributed by atoms with van der Waals surface area (Å²) in [7, 11) is 0. The summed E-state index contributed by atoms with van der Waals surface area (Å²) < 4.78 is 20.0. The minimum atomic E-state index is -2.18. The van der Waals surface area contributed by atoms with E-state index in [0.29, 0.717) is 25.7 Å². The van der Waals surface area contributed by atoms with Gasteiger partial charge in [0.1, 0.15) is 17.5 Å². The van der Waals surface area contributed by atoms with Gasteiger partial charge in [-0.2, -0.15) is 0 Å². The fourth-order valence-electron chi connectivity index (χ4n) is 9.01. The van der Waals surface area contributed by atoms with Gasteiger partial charge in [-0.25, -0.2) is 4.79 Å². The molecule has 0 radical (unpaired) electrons. The van der Waals surface area contributed by atoms with Crippen molar-refractivity contribution in [3.8, 4) is 0 Å². The molecule has 18 atom stereocenters. The fraction of sp³-hybridized carbons (Fsp3) is 0.800. The molecule has 2 fully saturated rings. The van der Waals surface area contributed by atoms with E-state index in [1.54, 1.807) is 20.8 Å². The van der Waals surface area contributed by atoms with Crippen LogP contribution in [0.3, 0.4) is 0 Å². The lowest BCUT2D eigenvalue weighted by Gasteiger charge is -2.55. The smallest absolute Gasteiger partial charge is 0.330 e. The maximum absolute atomic E-state index is 13.5. The number of ketones is 2. The van der Waals surface area contributed by atoms with Gasteiger partial charge in [-0.05, 0) is 70.1 Å². The molecule has 0 saturated carbocycles. The van der Waals surface area contributed by atoms with Crippen molar-refractivity contribution in [2.75, 3.05) is 0 Å². The molecule has 1 unspecified atom stereocenters. The maximum Gasteiger partial charge on any atom is 0.330 e. The predicted octanol–water partition coefficient (Wildman–Crippen LogP) is 5.88. The summed E-state index contributed by atoms with van der Waals surface area (Å²) in [6.07, 6.45) is 9.62. The van der Waals surface area contributed by atoms with E-state index in [1.165, 1.54) is 39.8 Å². The summed E-state index contributed by atoms with van der Waals surface area (Å²) in [5, 5.41) is 55.0. The average molecular weight is 791 g/mol. The number of carbonyl (C=O) groups is 3. The van der Waals surface area contributed by atoms with Crippen LogP contribution in [0.25, 0.3) is 0 Å². The number of aliphatic hydroxyl groups is 5. The molecule has 11 nitrogen and oxygen atoms in total. The van der Waals surface area contributed by atoms with Gasteiger partial charge in [0.2, 0.25) is 0 Å². The summed E-state index contributed by atoms with van der Waals surface area (Å²) in [5.74, 6) is -7.28. The number of Topliss-reactive ketones (excluding diaryl/α,β-unsaturated/α-hetero) is 2. The first-order valence-corrected chi connectivity index (χ1v) is 21.2. The van der Waals surface area contributed by atoms with Crippen LogP contribution in [0.4, 0.5) is 0 Å². The highest BCUT2D eigenvalue weighted by Gasteiger charge is 2.56. The van der Waals surface area contributed by atoms with Gasteiger partial charge in [0.25, 0.3) is 0 Å². The zero-order valence-corrected chi connectivity index (χ0v) is 35.8. The zero-order chi connectivity index (χ0) is 42.3. The van der Waals surface area contributed by atoms with Gasteiger partial charge in [-0.1, -0.05) is 92.7 Å². The highest BCUT2D eigenvalue weighted by Crippen LogP contribution is 2.49. The molecule has 2 bridgehead atoms. The quantitative estimate of drug-likeness (QED) is 0.216. The van der Waals surface area contributed by atoms with Crippen LogP contribution in [-0.4, -0.2) is 97.2 Å². The SMILES string of the molecule is CC[C@@H]1/C=C/C=C\C[C@H](C)[C@@H](O)[C@](C)(O)C(=O)[C@H](C)[C@@H](O)[C@H](C)C(=O)[C@H](C)[C@@H](O)[C@H](C)/C=C\C(=O)O[C@H]2[C@@H](C)[C@@H](CC1)O[C@@]1(CC[C@@H](C)[C@@H](CC(C)O)O1)[C@@H]2C. The summed E-state index contributed by atoms with van der Waals surface area (Å²) in [6.45, 7) is 19.1. The Kier molecular flexibility index (Phi) is 17.7. The van der Waals surface area contributed by atoms with E-state index in [-0.39, 0.29) is 35.9 Å². The van der Waals surface area contributed by atoms with E-state index in [1.807, 2.05) is 32.1 Å². The lowest BCUT2D eigenvalue weighted by molar-refractivity contribution is -0.371. The third kappa shape index (κ3) is 11.5. The van der Waals surface area contributed by atoms with Gasteiger partial charge in [0.05, 0.1) is 36.6 Å². The fourth-order valence-corrected chi connectivity index (χ4v) is 9.01. The first-order chi connectivity index (χ1) is 26.1. The predicted molar refractivity (Wildman–Crippen MR) is 215 cm³/mol. The molecule has 0 aliphatic carbocycles. The van der Waals surface area contributed by atoms with Crippen molar-refractivity contribution in [2.45, 2.75) is 175 Å². The number of aliphatic hydroxyl groups excluding tert-OH is 4. The molecule has 3 aliphatic heterocycles. The molecule has 56 heavy (non-hydrogen) atoms. The van der Waals surface area contributed by atoms with Crippen LogP contribution in [0.15, 0.2) is 36.5 Å². The van der Waals surface area contributed by atoms with Crippen molar-refractivity contribution in [2.24, 2.45) is 53.3 Å². The minimum absolute atomic E-state index is 0.168. The number of hydrogen-bond acceptors (Lipinski definition) is 11. The summed E-state index contributed by atoms with van der Waals surface area (Å²) in [5.41, 5.74) is -2.18. The van der Waals surface area contributed by atoms with Crippen molar-refractivity contribution in [3.05, 3.63) is 36.5 Å². The summed E-state index contributed by atoms with van der Waals surface area (Å²) in [6, 6.07) is 0. The Morgan fingerprint density at radius 3 is 2.11 bits per heavy atom.